The van der Waals surface area contributed by atoms with Crippen LogP contribution in [0.2, 0.25) is 0 Å². The number of esters is 1. The molecule has 1 aromatic rings. The molecule has 6 nitrogen and oxygen atoms in total. The number of aryl methyl sites for hydroxylation is 1. The van der Waals surface area contributed by atoms with E-state index >= 15 is 0 Å². The first-order valence-electron chi connectivity index (χ1n) is 5.43. The highest BCUT2D eigenvalue weighted by Crippen LogP contribution is 2.33. The summed E-state index contributed by atoms with van der Waals surface area (Å²) in [5, 5.41) is 11.0. The highest BCUT2D eigenvalue weighted by molar-refractivity contribution is 5.95. The molecule has 0 atom stereocenters. The summed E-state index contributed by atoms with van der Waals surface area (Å²) in [5.74, 6) is -0.330. The van der Waals surface area contributed by atoms with Gasteiger partial charge in [0, 0.05) is 11.1 Å². The average molecular weight is 253 g/mol. The minimum atomic E-state index is -0.616. The molecule has 1 rings (SSSR count). The third-order valence-corrected chi connectivity index (χ3v) is 2.58. The Hall–Kier alpha value is -2.11. The van der Waals surface area contributed by atoms with Gasteiger partial charge in [0.05, 0.1) is 18.6 Å². The zero-order valence-corrected chi connectivity index (χ0v) is 10.8. The van der Waals surface area contributed by atoms with Gasteiger partial charge in [0.2, 0.25) is 0 Å². The quantitative estimate of drug-likeness (QED) is 0.467. The van der Waals surface area contributed by atoms with Crippen molar-refractivity contribution in [2.45, 2.75) is 20.8 Å². The van der Waals surface area contributed by atoms with Crippen LogP contribution in [0, 0.1) is 24.0 Å². The summed E-state index contributed by atoms with van der Waals surface area (Å²) in [5.41, 5.74) is 0.730. The number of nitrogens with zero attached hydrogens (tertiary/aromatic N) is 1. The average Bonchev–Trinajstić information content (AvgIpc) is 2.27. The van der Waals surface area contributed by atoms with Crippen molar-refractivity contribution in [3.05, 3.63) is 32.9 Å². The fraction of sp³-hybridized carbons (Fsp3) is 0.417. The van der Waals surface area contributed by atoms with Crippen LogP contribution in [0.1, 0.15) is 28.4 Å². The van der Waals surface area contributed by atoms with Crippen molar-refractivity contribution in [3.63, 3.8) is 0 Å². The Morgan fingerprint density at radius 2 is 2.06 bits per heavy atom. The zero-order valence-electron chi connectivity index (χ0n) is 10.8. The van der Waals surface area contributed by atoms with E-state index in [1.165, 1.54) is 20.1 Å². The number of hydrogen-bond donors (Lipinski definition) is 0. The molecule has 0 fully saturated rings. The maximum absolute atomic E-state index is 11.8. The lowest BCUT2D eigenvalue weighted by molar-refractivity contribution is -0.386. The molecule has 0 amide bonds. The predicted molar refractivity (Wildman–Crippen MR) is 65.1 cm³/mol. The van der Waals surface area contributed by atoms with Gasteiger partial charge in [0.1, 0.15) is 11.3 Å². The van der Waals surface area contributed by atoms with Gasteiger partial charge < -0.3 is 9.47 Å². The number of hydrogen-bond acceptors (Lipinski definition) is 5. The SMILES string of the molecule is CCOC(=O)c1c(OC)cc(C)c([N+](=O)[O-])c1C. The first kappa shape index (κ1) is 14.0. The van der Waals surface area contributed by atoms with Crippen LogP contribution in [0.15, 0.2) is 6.07 Å². The number of nitro benzene ring substituents is 1. The first-order chi connectivity index (χ1) is 8.43. The molecule has 0 saturated heterocycles. The lowest BCUT2D eigenvalue weighted by Gasteiger charge is -2.12. The predicted octanol–water partition coefficient (Wildman–Crippen LogP) is 2.40. The summed E-state index contributed by atoms with van der Waals surface area (Å²) in [7, 11) is 1.41. The number of rotatable bonds is 4. The van der Waals surface area contributed by atoms with Crippen LogP contribution in [-0.2, 0) is 4.74 Å². The molecule has 0 aliphatic heterocycles. The number of carbonyl (C=O) groups is 1. The molecular weight excluding hydrogens is 238 g/mol. The van der Waals surface area contributed by atoms with Gasteiger partial charge in [0.25, 0.3) is 5.69 Å². The number of carbonyl (C=O) groups excluding carboxylic acids is 1. The van der Waals surface area contributed by atoms with Crippen molar-refractivity contribution >= 4 is 11.7 Å². The van der Waals surface area contributed by atoms with Crippen molar-refractivity contribution < 1.29 is 19.2 Å². The van der Waals surface area contributed by atoms with Crippen LogP contribution < -0.4 is 4.74 Å². The topological polar surface area (TPSA) is 78.7 Å². The lowest BCUT2D eigenvalue weighted by Crippen LogP contribution is -2.11. The smallest absolute Gasteiger partial charge is 0.342 e. The Labute approximate surface area is 105 Å². The van der Waals surface area contributed by atoms with E-state index in [0.717, 1.165) is 0 Å². The van der Waals surface area contributed by atoms with E-state index in [1.807, 2.05) is 0 Å². The number of benzene rings is 1. The van der Waals surface area contributed by atoms with E-state index in [0.29, 0.717) is 5.56 Å². The van der Waals surface area contributed by atoms with E-state index in [9.17, 15) is 14.9 Å². The van der Waals surface area contributed by atoms with Crippen LogP contribution >= 0.6 is 0 Å². The van der Waals surface area contributed by atoms with Gasteiger partial charge in [-0.2, -0.15) is 0 Å². The van der Waals surface area contributed by atoms with Crippen molar-refractivity contribution in [3.8, 4) is 5.75 Å². The van der Waals surface area contributed by atoms with Gasteiger partial charge in [-0.05, 0) is 26.8 Å². The van der Waals surface area contributed by atoms with Gasteiger partial charge in [-0.25, -0.2) is 4.79 Å². The minimum Gasteiger partial charge on any atom is -0.496 e. The summed E-state index contributed by atoms with van der Waals surface area (Å²) >= 11 is 0. The second-order valence-corrected chi connectivity index (χ2v) is 3.72. The van der Waals surface area contributed by atoms with Crippen molar-refractivity contribution in [1.29, 1.82) is 0 Å². The Morgan fingerprint density at radius 3 is 2.50 bits per heavy atom. The summed E-state index contributed by atoms with van der Waals surface area (Å²) in [6.45, 7) is 4.98. The molecule has 0 aliphatic rings. The molecule has 6 heteroatoms. The standard InChI is InChI=1S/C12H15NO5/c1-5-18-12(14)10-8(3)11(13(15)16)7(2)6-9(10)17-4/h6H,5H2,1-4H3. The number of methoxy groups -OCH3 is 1. The minimum absolute atomic E-state index is 0.0844. The first-order valence-corrected chi connectivity index (χ1v) is 5.43. The van der Waals surface area contributed by atoms with Crippen LogP contribution in [0.5, 0.6) is 5.75 Å². The Morgan fingerprint density at radius 1 is 1.44 bits per heavy atom. The maximum atomic E-state index is 11.8. The van der Waals surface area contributed by atoms with Crippen LogP contribution in [0.4, 0.5) is 5.69 Å². The summed E-state index contributed by atoms with van der Waals surface area (Å²) in [4.78, 5) is 22.3. The molecule has 0 heterocycles. The van der Waals surface area contributed by atoms with E-state index < -0.39 is 10.9 Å². The molecule has 0 bridgehead atoms. The lowest BCUT2D eigenvalue weighted by atomic mass is 10.0. The van der Waals surface area contributed by atoms with Gasteiger partial charge in [0.15, 0.2) is 0 Å². The van der Waals surface area contributed by atoms with Gasteiger partial charge in [-0.3, -0.25) is 10.1 Å². The van der Waals surface area contributed by atoms with E-state index in [4.69, 9.17) is 9.47 Å². The number of nitro groups is 1. The third kappa shape index (κ3) is 2.42. The van der Waals surface area contributed by atoms with Crippen molar-refractivity contribution in [2.75, 3.05) is 13.7 Å². The van der Waals surface area contributed by atoms with E-state index in [2.05, 4.69) is 0 Å². The normalized spacial score (nSPS) is 10.0. The molecule has 0 unspecified atom stereocenters. The van der Waals surface area contributed by atoms with Crippen LogP contribution in [0.25, 0.3) is 0 Å². The molecule has 18 heavy (non-hydrogen) atoms. The molecule has 0 N–H and O–H groups in total. The molecule has 1 aromatic carbocycles. The van der Waals surface area contributed by atoms with Gasteiger partial charge in [-0.1, -0.05) is 0 Å². The van der Waals surface area contributed by atoms with E-state index in [-0.39, 0.29) is 29.2 Å². The van der Waals surface area contributed by atoms with Crippen LogP contribution in [0.3, 0.4) is 0 Å². The molecular formula is C12H15NO5. The summed E-state index contributed by atoms with van der Waals surface area (Å²) < 4.78 is 9.97. The number of ether oxygens (including phenoxy) is 2. The van der Waals surface area contributed by atoms with Gasteiger partial charge >= 0.3 is 5.97 Å². The molecule has 0 aliphatic carbocycles. The molecule has 0 spiro atoms. The molecule has 0 aromatic heterocycles. The fourth-order valence-electron chi connectivity index (χ4n) is 1.83. The third-order valence-electron chi connectivity index (χ3n) is 2.58. The molecule has 0 saturated carbocycles. The molecule has 0 radical (unpaired) electrons. The largest absolute Gasteiger partial charge is 0.496 e. The fourth-order valence-corrected chi connectivity index (χ4v) is 1.83. The Bertz CT molecular complexity index is 496. The zero-order chi connectivity index (χ0) is 13.9. The second kappa shape index (κ2) is 5.48. The summed E-state index contributed by atoms with van der Waals surface area (Å²) in [6.07, 6.45) is 0. The Kier molecular flexibility index (Phi) is 4.25. The van der Waals surface area contributed by atoms with Crippen LogP contribution in [-0.4, -0.2) is 24.6 Å². The van der Waals surface area contributed by atoms with Gasteiger partial charge in [-0.15, -0.1) is 0 Å². The molecule has 98 valence electrons. The van der Waals surface area contributed by atoms with Crippen molar-refractivity contribution in [2.24, 2.45) is 0 Å². The maximum Gasteiger partial charge on any atom is 0.342 e. The second-order valence-electron chi connectivity index (χ2n) is 3.72. The Balaban J connectivity index is 3.52. The van der Waals surface area contributed by atoms with E-state index in [1.54, 1.807) is 13.8 Å². The van der Waals surface area contributed by atoms with Crippen molar-refractivity contribution in [1.82, 2.24) is 0 Å². The highest BCUT2D eigenvalue weighted by atomic mass is 16.6. The highest BCUT2D eigenvalue weighted by Gasteiger charge is 2.26. The monoisotopic (exact) mass is 253 g/mol. The summed E-state index contributed by atoms with van der Waals surface area (Å²) in [6, 6.07) is 1.47.